The molecule has 2 aromatic rings. The standard InChI is InChI=1S/C31H34Cl2N4O7S/c1-31(2,34)30(43)35-17-11-13-37(14-12-17)23(38)15-21-25(28(39)40)27(24-19(32)9-6-10-20(24)33)26(29(41)42)22(36-21)16-45(44)18-7-4-3-5-8-18/h3-10,17,27,36H,11-16,34H2,1-2H3,(H,35,43)(H,39,40)(H,41,42). The Kier molecular flexibility index (Phi) is 10.9. The number of carboxylic acid groups (broad SMARTS) is 2. The number of piperidine rings is 1. The van der Waals surface area contributed by atoms with Gasteiger partial charge in [-0.3, -0.25) is 9.59 Å². The van der Waals surface area contributed by atoms with Crippen LogP contribution in [0.5, 0.6) is 0 Å². The minimum atomic E-state index is -1.73. The fraction of sp³-hybridized carbons (Fsp3) is 0.355. The van der Waals surface area contributed by atoms with Gasteiger partial charge in [0.15, 0.2) is 10.6 Å². The second-order valence-electron chi connectivity index (χ2n) is 11.4. The number of nitrogens with zero attached hydrogens (tertiary/aromatic N) is 1. The quantitative estimate of drug-likeness (QED) is 0.235. The molecule has 2 unspecified atom stereocenters. The molecular formula is C31H34Cl2N4O7S. The summed E-state index contributed by atoms with van der Waals surface area (Å²) in [6, 6.07) is 12.7. The largest absolute Gasteiger partial charge is 0.611 e. The van der Waals surface area contributed by atoms with Gasteiger partial charge in [0.05, 0.1) is 34.7 Å². The van der Waals surface area contributed by atoms with Crippen LogP contribution in [0, 0.1) is 0 Å². The highest BCUT2D eigenvalue weighted by atomic mass is 35.5. The summed E-state index contributed by atoms with van der Waals surface area (Å²) in [7, 11) is 0. The molecule has 0 saturated carbocycles. The Bertz CT molecular complexity index is 1530. The summed E-state index contributed by atoms with van der Waals surface area (Å²) in [6.45, 7) is 3.79. The van der Waals surface area contributed by atoms with E-state index in [-0.39, 0.29) is 50.3 Å². The molecule has 0 bridgehead atoms. The molecule has 240 valence electrons. The molecule has 2 heterocycles. The Morgan fingerprint density at radius 3 is 2.07 bits per heavy atom. The van der Waals surface area contributed by atoms with Crippen LogP contribution in [0.1, 0.15) is 44.6 Å². The van der Waals surface area contributed by atoms with Gasteiger partial charge in [0, 0.05) is 40.4 Å². The first-order valence-electron chi connectivity index (χ1n) is 14.1. The summed E-state index contributed by atoms with van der Waals surface area (Å²) < 4.78 is 13.4. The molecule has 0 spiro atoms. The van der Waals surface area contributed by atoms with Crippen molar-refractivity contribution in [2.75, 3.05) is 18.8 Å². The number of amides is 2. The van der Waals surface area contributed by atoms with E-state index in [1.54, 1.807) is 55.1 Å². The van der Waals surface area contributed by atoms with E-state index in [1.807, 2.05) is 0 Å². The maximum absolute atomic E-state index is 13.6. The van der Waals surface area contributed by atoms with E-state index in [2.05, 4.69) is 10.6 Å². The van der Waals surface area contributed by atoms with Crippen molar-refractivity contribution in [1.82, 2.24) is 15.5 Å². The Morgan fingerprint density at radius 1 is 0.978 bits per heavy atom. The fourth-order valence-electron chi connectivity index (χ4n) is 5.34. The van der Waals surface area contributed by atoms with Crippen molar-refractivity contribution in [3.05, 3.63) is 86.7 Å². The lowest BCUT2D eigenvalue weighted by molar-refractivity contribution is -0.133. The third-order valence-electron chi connectivity index (χ3n) is 7.66. The molecule has 2 amide bonds. The Labute approximate surface area is 273 Å². The summed E-state index contributed by atoms with van der Waals surface area (Å²) in [4.78, 5) is 53.5. The van der Waals surface area contributed by atoms with Gasteiger partial charge in [0.1, 0.15) is 0 Å². The van der Waals surface area contributed by atoms with Crippen LogP contribution in [0.3, 0.4) is 0 Å². The lowest BCUT2D eigenvalue weighted by Gasteiger charge is -2.35. The van der Waals surface area contributed by atoms with Crippen LogP contribution in [-0.4, -0.2) is 73.8 Å². The summed E-state index contributed by atoms with van der Waals surface area (Å²) >= 11 is 11.3. The molecular weight excluding hydrogens is 643 g/mol. The van der Waals surface area contributed by atoms with E-state index in [4.69, 9.17) is 28.9 Å². The van der Waals surface area contributed by atoms with E-state index in [1.165, 1.54) is 12.1 Å². The minimum Gasteiger partial charge on any atom is -0.611 e. The van der Waals surface area contributed by atoms with Crippen LogP contribution in [0.2, 0.25) is 10.0 Å². The lowest BCUT2D eigenvalue weighted by atomic mass is 9.79. The second kappa shape index (κ2) is 14.3. The number of hydrogen-bond acceptors (Lipinski definition) is 7. The Morgan fingerprint density at radius 2 is 1.53 bits per heavy atom. The topological polar surface area (TPSA) is 185 Å². The Balaban J connectivity index is 1.70. The maximum atomic E-state index is 13.6. The number of nitrogens with one attached hydrogen (secondary N) is 2. The predicted molar refractivity (Wildman–Crippen MR) is 170 cm³/mol. The van der Waals surface area contributed by atoms with Gasteiger partial charge in [-0.25, -0.2) is 9.59 Å². The van der Waals surface area contributed by atoms with Gasteiger partial charge in [0.2, 0.25) is 11.8 Å². The zero-order valence-electron chi connectivity index (χ0n) is 24.6. The van der Waals surface area contributed by atoms with Crippen molar-refractivity contribution in [3.63, 3.8) is 0 Å². The highest BCUT2D eigenvalue weighted by Gasteiger charge is 2.42. The molecule has 0 aromatic heterocycles. The van der Waals surface area contributed by atoms with E-state index < -0.39 is 52.5 Å². The summed E-state index contributed by atoms with van der Waals surface area (Å²) in [6.07, 6.45) is 0.517. The number of aliphatic carboxylic acids is 2. The number of carboxylic acids is 2. The molecule has 4 rings (SSSR count). The smallest absolute Gasteiger partial charge is 0.334 e. The molecule has 45 heavy (non-hydrogen) atoms. The average Bonchev–Trinajstić information content (AvgIpc) is 2.97. The molecule has 2 aliphatic rings. The van der Waals surface area contributed by atoms with Crippen molar-refractivity contribution in [3.8, 4) is 0 Å². The van der Waals surface area contributed by atoms with Gasteiger partial charge in [-0.15, -0.1) is 0 Å². The van der Waals surface area contributed by atoms with E-state index in [0.29, 0.717) is 30.8 Å². The monoisotopic (exact) mass is 676 g/mol. The van der Waals surface area contributed by atoms with Crippen LogP contribution in [0.4, 0.5) is 0 Å². The van der Waals surface area contributed by atoms with Crippen LogP contribution >= 0.6 is 23.2 Å². The van der Waals surface area contributed by atoms with Crippen molar-refractivity contribution in [2.24, 2.45) is 5.73 Å². The molecule has 11 nitrogen and oxygen atoms in total. The first kappa shape index (κ1) is 34.3. The number of halogens is 2. The third-order valence-corrected chi connectivity index (χ3v) is 9.66. The normalized spacial score (nSPS) is 18.4. The number of hydrogen-bond donors (Lipinski definition) is 5. The number of carbonyl (C=O) groups is 4. The van der Waals surface area contributed by atoms with Gasteiger partial charge >= 0.3 is 11.9 Å². The lowest BCUT2D eigenvalue weighted by Crippen LogP contribution is -2.54. The molecule has 6 N–H and O–H groups in total. The van der Waals surface area contributed by atoms with Gasteiger partial charge in [-0.2, -0.15) is 0 Å². The molecule has 14 heteroatoms. The molecule has 2 aromatic carbocycles. The summed E-state index contributed by atoms with van der Waals surface area (Å²) in [5.41, 5.74) is 4.00. The number of dihydropyridines is 1. The molecule has 0 aliphatic carbocycles. The average molecular weight is 678 g/mol. The van der Waals surface area contributed by atoms with Crippen LogP contribution in [-0.2, 0) is 30.4 Å². The number of carbonyl (C=O) groups excluding carboxylic acids is 2. The zero-order valence-corrected chi connectivity index (χ0v) is 27.0. The first-order chi connectivity index (χ1) is 21.2. The van der Waals surface area contributed by atoms with Crippen molar-refractivity contribution >= 4 is 58.1 Å². The van der Waals surface area contributed by atoms with Gasteiger partial charge in [-0.05, 0) is 62.1 Å². The SMILES string of the molecule is CC(C)(N)C(=O)NC1CCN(C(=O)CC2=C(C(=O)O)C(c3c(Cl)cccc3Cl)C(C(=O)O)=C(C[S+]([O-])c3ccccc3)N2)CC1. The van der Waals surface area contributed by atoms with E-state index >= 15 is 0 Å². The molecule has 2 aliphatic heterocycles. The van der Waals surface area contributed by atoms with Crippen molar-refractivity contribution in [1.29, 1.82) is 0 Å². The molecule has 1 fully saturated rings. The van der Waals surface area contributed by atoms with Gasteiger partial charge in [0.25, 0.3) is 0 Å². The fourth-order valence-corrected chi connectivity index (χ4v) is 7.07. The van der Waals surface area contributed by atoms with Gasteiger partial charge in [-0.1, -0.05) is 47.5 Å². The molecule has 1 saturated heterocycles. The number of rotatable bonds is 10. The minimum absolute atomic E-state index is 0.0238. The Hall–Kier alpha value is -3.55. The van der Waals surface area contributed by atoms with Gasteiger partial charge < -0.3 is 36.0 Å². The third kappa shape index (κ3) is 8.00. The van der Waals surface area contributed by atoms with Crippen LogP contribution in [0.25, 0.3) is 0 Å². The molecule has 0 radical (unpaired) electrons. The van der Waals surface area contributed by atoms with Crippen LogP contribution in [0.15, 0.2) is 76.0 Å². The first-order valence-corrected chi connectivity index (χ1v) is 16.2. The van der Waals surface area contributed by atoms with Crippen LogP contribution < -0.4 is 16.4 Å². The van der Waals surface area contributed by atoms with Crippen molar-refractivity contribution in [2.45, 2.75) is 55.5 Å². The summed E-state index contributed by atoms with van der Waals surface area (Å²) in [5.74, 6) is -5.44. The molecule has 2 atom stereocenters. The van der Waals surface area contributed by atoms with E-state index in [0.717, 1.165) is 0 Å². The maximum Gasteiger partial charge on any atom is 0.334 e. The second-order valence-corrected chi connectivity index (χ2v) is 13.7. The number of benzene rings is 2. The zero-order chi connectivity index (χ0) is 33.1. The highest BCUT2D eigenvalue weighted by molar-refractivity contribution is 7.91. The van der Waals surface area contributed by atoms with Crippen molar-refractivity contribution < 1.29 is 33.9 Å². The summed E-state index contributed by atoms with van der Waals surface area (Å²) in [5, 5.41) is 26.7. The number of nitrogens with two attached hydrogens (primary N) is 1. The number of likely N-dealkylation sites (tertiary alicyclic amines) is 1. The van der Waals surface area contributed by atoms with E-state index in [9.17, 15) is 33.9 Å². The highest BCUT2D eigenvalue weighted by Crippen LogP contribution is 2.45. The predicted octanol–water partition coefficient (Wildman–Crippen LogP) is 3.40.